The van der Waals surface area contributed by atoms with Gasteiger partial charge in [-0.15, -0.1) is 0 Å². The fraction of sp³-hybridized carbons (Fsp3) is 0.308. The summed E-state index contributed by atoms with van der Waals surface area (Å²) >= 11 is 0. The topological polar surface area (TPSA) is 63.2 Å². The molecule has 1 aromatic rings. The molecule has 1 heterocycles. The van der Waals surface area contributed by atoms with Crippen molar-refractivity contribution >= 4 is 17.6 Å². The van der Waals surface area contributed by atoms with E-state index in [1.807, 2.05) is 30.3 Å². The molecule has 0 spiro atoms. The van der Waals surface area contributed by atoms with E-state index < -0.39 is 11.8 Å². The summed E-state index contributed by atoms with van der Waals surface area (Å²) in [4.78, 5) is 34.6. The highest BCUT2D eigenvalue weighted by atomic mass is 16.2. The highest BCUT2D eigenvalue weighted by molar-refractivity contribution is 6.09. The molecule has 2 rings (SSSR count). The number of hydrogen-bond acceptors (Lipinski definition) is 3. The first-order valence-electron chi connectivity index (χ1n) is 5.48. The number of carbonyl (C=O) groups is 3. The molecule has 0 bridgehead atoms. The Morgan fingerprint density at radius 3 is 2.47 bits per heavy atom. The van der Waals surface area contributed by atoms with Crippen molar-refractivity contribution in [2.45, 2.75) is 19.3 Å². The van der Waals surface area contributed by atoms with Crippen LogP contribution in [0.3, 0.4) is 0 Å². The highest BCUT2D eigenvalue weighted by Crippen LogP contribution is 2.31. The van der Waals surface area contributed by atoms with Crippen LogP contribution in [-0.4, -0.2) is 17.6 Å². The molecule has 1 aliphatic heterocycles. The van der Waals surface area contributed by atoms with E-state index >= 15 is 0 Å². The number of Topliss-reactive ketones (excluding diaryl/α,β-unsaturated/α-hetero) is 1. The van der Waals surface area contributed by atoms with Crippen molar-refractivity contribution in [2.24, 2.45) is 5.92 Å². The van der Waals surface area contributed by atoms with Gasteiger partial charge in [0.2, 0.25) is 11.8 Å². The van der Waals surface area contributed by atoms with Crippen molar-refractivity contribution in [3.05, 3.63) is 35.9 Å². The molecule has 0 radical (unpaired) electrons. The van der Waals surface area contributed by atoms with Crippen LogP contribution in [0.25, 0.3) is 0 Å². The van der Waals surface area contributed by atoms with Crippen LogP contribution in [0.1, 0.15) is 24.8 Å². The van der Waals surface area contributed by atoms with Gasteiger partial charge < -0.3 is 0 Å². The quantitative estimate of drug-likeness (QED) is 0.610. The summed E-state index contributed by atoms with van der Waals surface area (Å²) in [5.74, 6) is -2.10. The lowest BCUT2D eigenvalue weighted by Gasteiger charge is -2.28. The third-order valence-electron chi connectivity index (χ3n) is 3.02. The normalized spacial score (nSPS) is 24.3. The van der Waals surface area contributed by atoms with Gasteiger partial charge in [-0.05, 0) is 12.5 Å². The summed E-state index contributed by atoms with van der Waals surface area (Å²) < 4.78 is 0. The Kier molecular flexibility index (Phi) is 3.04. The molecule has 1 saturated heterocycles. The van der Waals surface area contributed by atoms with Crippen molar-refractivity contribution in [2.75, 3.05) is 0 Å². The van der Waals surface area contributed by atoms with Gasteiger partial charge in [-0.3, -0.25) is 19.7 Å². The molecule has 2 atom stereocenters. The zero-order valence-corrected chi connectivity index (χ0v) is 9.47. The van der Waals surface area contributed by atoms with Crippen LogP contribution in [0.2, 0.25) is 0 Å². The molecule has 0 saturated carbocycles. The zero-order valence-electron chi connectivity index (χ0n) is 9.47. The van der Waals surface area contributed by atoms with Crippen LogP contribution in [0.5, 0.6) is 0 Å². The Bertz CT molecular complexity index is 467. The molecule has 1 aromatic carbocycles. The standard InChI is InChI=1S/C13H13NO3/c1-8(15)12-10(7-11(16)14-13(12)17)9-5-3-2-4-6-9/h2-6,10,12H,7H2,1H3,(H,14,16,17). The van der Waals surface area contributed by atoms with Crippen molar-refractivity contribution in [1.29, 1.82) is 0 Å². The molecule has 4 nitrogen and oxygen atoms in total. The van der Waals surface area contributed by atoms with Crippen molar-refractivity contribution in [3.8, 4) is 0 Å². The third kappa shape index (κ3) is 2.25. The first-order chi connectivity index (χ1) is 8.09. The molecule has 17 heavy (non-hydrogen) atoms. The van der Waals surface area contributed by atoms with Crippen molar-refractivity contribution in [3.63, 3.8) is 0 Å². The Balaban J connectivity index is 2.37. The summed E-state index contributed by atoms with van der Waals surface area (Å²) in [5, 5.41) is 2.21. The van der Waals surface area contributed by atoms with Gasteiger partial charge in [0, 0.05) is 12.3 Å². The van der Waals surface area contributed by atoms with Crippen LogP contribution < -0.4 is 5.32 Å². The maximum Gasteiger partial charge on any atom is 0.237 e. The summed E-state index contributed by atoms with van der Waals surface area (Å²) in [6, 6.07) is 9.21. The Hall–Kier alpha value is -1.97. The summed E-state index contributed by atoms with van der Waals surface area (Å²) in [6.07, 6.45) is 0.181. The lowest BCUT2D eigenvalue weighted by atomic mass is 9.78. The van der Waals surface area contributed by atoms with E-state index in [-0.39, 0.29) is 24.0 Å². The molecule has 1 fully saturated rings. The summed E-state index contributed by atoms with van der Waals surface area (Å²) in [6.45, 7) is 1.38. The second kappa shape index (κ2) is 4.49. The van der Waals surface area contributed by atoms with E-state index in [0.717, 1.165) is 5.56 Å². The molecule has 1 N–H and O–H groups in total. The summed E-state index contributed by atoms with van der Waals surface area (Å²) in [5.41, 5.74) is 0.857. The number of imide groups is 1. The number of amides is 2. The van der Waals surface area contributed by atoms with Gasteiger partial charge in [-0.1, -0.05) is 30.3 Å². The minimum atomic E-state index is -0.755. The van der Waals surface area contributed by atoms with Gasteiger partial charge >= 0.3 is 0 Å². The number of rotatable bonds is 2. The maximum atomic E-state index is 11.7. The monoisotopic (exact) mass is 231 g/mol. The van der Waals surface area contributed by atoms with Crippen LogP contribution >= 0.6 is 0 Å². The second-order valence-electron chi connectivity index (χ2n) is 4.22. The zero-order chi connectivity index (χ0) is 12.4. The average Bonchev–Trinajstić information content (AvgIpc) is 2.28. The first kappa shape index (κ1) is 11.5. The molecule has 0 aromatic heterocycles. The van der Waals surface area contributed by atoms with Crippen molar-refractivity contribution in [1.82, 2.24) is 5.32 Å². The van der Waals surface area contributed by atoms with E-state index in [0.29, 0.717) is 0 Å². The molecule has 4 heteroatoms. The minimum absolute atomic E-state index is 0.181. The smallest absolute Gasteiger partial charge is 0.237 e. The number of benzene rings is 1. The van der Waals surface area contributed by atoms with Crippen LogP contribution in [0.15, 0.2) is 30.3 Å². The van der Waals surface area contributed by atoms with E-state index in [4.69, 9.17) is 0 Å². The van der Waals surface area contributed by atoms with Crippen LogP contribution in [0, 0.1) is 5.92 Å². The minimum Gasteiger partial charge on any atom is -0.299 e. The molecule has 0 aliphatic carbocycles. The van der Waals surface area contributed by atoms with Gasteiger partial charge in [0.25, 0.3) is 0 Å². The number of carbonyl (C=O) groups excluding carboxylic acids is 3. The first-order valence-corrected chi connectivity index (χ1v) is 5.48. The largest absolute Gasteiger partial charge is 0.299 e. The van der Waals surface area contributed by atoms with Gasteiger partial charge in [0.15, 0.2) is 0 Å². The van der Waals surface area contributed by atoms with Crippen molar-refractivity contribution < 1.29 is 14.4 Å². The molecular formula is C13H13NO3. The third-order valence-corrected chi connectivity index (χ3v) is 3.02. The fourth-order valence-corrected chi connectivity index (χ4v) is 2.24. The van der Waals surface area contributed by atoms with Crippen LogP contribution in [-0.2, 0) is 14.4 Å². The predicted molar refractivity (Wildman–Crippen MR) is 61.1 cm³/mol. The van der Waals surface area contributed by atoms with Gasteiger partial charge in [-0.2, -0.15) is 0 Å². The summed E-state index contributed by atoms with van der Waals surface area (Å²) in [7, 11) is 0. The molecular weight excluding hydrogens is 218 g/mol. The van der Waals surface area contributed by atoms with E-state index in [1.54, 1.807) is 0 Å². The Labute approximate surface area is 99.0 Å². The lowest BCUT2D eigenvalue weighted by Crippen LogP contribution is -2.47. The van der Waals surface area contributed by atoms with E-state index in [1.165, 1.54) is 6.92 Å². The predicted octanol–water partition coefficient (Wildman–Crippen LogP) is 1.02. The van der Waals surface area contributed by atoms with Crippen LogP contribution in [0.4, 0.5) is 0 Å². The SMILES string of the molecule is CC(=O)C1C(=O)NC(=O)CC1c1ccccc1. The molecule has 2 amide bonds. The molecule has 1 aliphatic rings. The number of piperidine rings is 1. The highest BCUT2D eigenvalue weighted by Gasteiger charge is 2.39. The fourth-order valence-electron chi connectivity index (χ4n) is 2.24. The maximum absolute atomic E-state index is 11.7. The average molecular weight is 231 g/mol. The second-order valence-corrected chi connectivity index (χ2v) is 4.22. The molecule has 2 unspecified atom stereocenters. The van der Waals surface area contributed by atoms with E-state index in [9.17, 15) is 14.4 Å². The number of nitrogens with one attached hydrogen (secondary N) is 1. The number of ketones is 1. The lowest BCUT2D eigenvalue weighted by molar-refractivity contribution is -0.141. The number of hydrogen-bond donors (Lipinski definition) is 1. The van der Waals surface area contributed by atoms with E-state index in [2.05, 4.69) is 5.32 Å². The van der Waals surface area contributed by atoms with Gasteiger partial charge in [0.1, 0.15) is 11.7 Å². The Morgan fingerprint density at radius 2 is 1.88 bits per heavy atom. The Morgan fingerprint density at radius 1 is 1.24 bits per heavy atom. The van der Waals surface area contributed by atoms with Gasteiger partial charge in [0.05, 0.1) is 0 Å². The van der Waals surface area contributed by atoms with Gasteiger partial charge in [-0.25, -0.2) is 0 Å². The molecule has 88 valence electrons.